The second kappa shape index (κ2) is 7.30. The maximum atomic E-state index is 12.6. The number of pyridine rings is 1. The van der Waals surface area contributed by atoms with Gasteiger partial charge in [-0.3, -0.25) is 4.98 Å². The normalized spacial score (nSPS) is 34.0. The first-order valence-electron chi connectivity index (χ1n) is 9.06. The molecule has 2 amide bonds. The average molecular weight is 347 g/mol. The number of hydrogen-bond acceptors (Lipinski definition) is 4. The number of hydrogen-bond donors (Lipinski definition) is 2. The smallest absolute Gasteiger partial charge is 0.315 e. The Kier molecular flexibility index (Phi) is 5.29. The average Bonchev–Trinajstić information content (AvgIpc) is 2.61. The maximum Gasteiger partial charge on any atom is 0.315 e. The first kappa shape index (κ1) is 18.1. The maximum absolute atomic E-state index is 12.6. The first-order chi connectivity index (χ1) is 11.9. The van der Waals surface area contributed by atoms with Gasteiger partial charge in [0.2, 0.25) is 0 Å². The van der Waals surface area contributed by atoms with Crippen molar-refractivity contribution >= 4 is 6.03 Å². The summed E-state index contributed by atoms with van der Waals surface area (Å²) in [5.41, 5.74) is 0.982. The minimum absolute atomic E-state index is 0.0344. The van der Waals surface area contributed by atoms with Gasteiger partial charge in [-0.25, -0.2) is 4.79 Å². The second-order valence-corrected chi connectivity index (χ2v) is 7.75. The predicted molar refractivity (Wildman–Crippen MR) is 95.1 cm³/mol. The van der Waals surface area contributed by atoms with Gasteiger partial charge in [0.15, 0.2) is 0 Å². The van der Waals surface area contributed by atoms with Crippen molar-refractivity contribution in [1.82, 2.24) is 15.6 Å². The molecule has 3 unspecified atom stereocenters. The number of carbonyl (C=O) groups is 1. The quantitative estimate of drug-likeness (QED) is 0.878. The van der Waals surface area contributed by atoms with Crippen LogP contribution in [0.4, 0.5) is 4.79 Å². The molecule has 5 atom stereocenters. The number of ether oxygens (including phenoxy) is 2. The van der Waals surface area contributed by atoms with Gasteiger partial charge in [0.05, 0.1) is 12.1 Å². The number of carbonyl (C=O) groups excluding carboxylic acids is 1. The molecule has 6 nitrogen and oxygen atoms in total. The van der Waals surface area contributed by atoms with Gasteiger partial charge in [-0.15, -0.1) is 0 Å². The van der Waals surface area contributed by atoms with Crippen LogP contribution in [0.2, 0.25) is 0 Å². The summed E-state index contributed by atoms with van der Waals surface area (Å²) in [6.45, 7) is 7.11. The molecule has 1 saturated carbocycles. The van der Waals surface area contributed by atoms with Gasteiger partial charge < -0.3 is 20.1 Å². The van der Waals surface area contributed by atoms with Gasteiger partial charge in [-0.1, -0.05) is 20.8 Å². The molecule has 0 bridgehead atoms. The van der Waals surface area contributed by atoms with Crippen LogP contribution in [0.15, 0.2) is 24.5 Å². The molecule has 2 heterocycles. The lowest BCUT2D eigenvalue weighted by Crippen LogP contribution is -2.69. The highest BCUT2D eigenvalue weighted by Crippen LogP contribution is 2.46. The summed E-state index contributed by atoms with van der Waals surface area (Å²) in [4.78, 5) is 16.6. The highest BCUT2D eigenvalue weighted by molar-refractivity contribution is 5.75. The van der Waals surface area contributed by atoms with Crippen LogP contribution in [0.25, 0.3) is 0 Å². The molecule has 0 spiro atoms. The van der Waals surface area contributed by atoms with E-state index in [1.165, 1.54) is 0 Å². The zero-order valence-corrected chi connectivity index (χ0v) is 15.5. The highest BCUT2D eigenvalue weighted by Gasteiger charge is 2.55. The zero-order valence-electron chi connectivity index (χ0n) is 15.5. The monoisotopic (exact) mass is 347 g/mol. The van der Waals surface area contributed by atoms with Gasteiger partial charge >= 0.3 is 6.03 Å². The van der Waals surface area contributed by atoms with Gasteiger partial charge in [0.1, 0.15) is 6.10 Å². The van der Waals surface area contributed by atoms with E-state index < -0.39 is 0 Å². The van der Waals surface area contributed by atoms with Gasteiger partial charge in [0, 0.05) is 43.5 Å². The summed E-state index contributed by atoms with van der Waals surface area (Å²) in [7, 11) is 1.73. The van der Waals surface area contributed by atoms with Crippen molar-refractivity contribution in [3.8, 4) is 0 Å². The van der Waals surface area contributed by atoms with E-state index >= 15 is 0 Å². The highest BCUT2D eigenvalue weighted by atomic mass is 16.5. The zero-order chi connectivity index (χ0) is 18.0. The van der Waals surface area contributed by atoms with Crippen molar-refractivity contribution in [2.45, 2.75) is 57.9 Å². The van der Waals surface area contributed by atoms with E-state index in [1.807, 2.05) is 12.1 Å². The first-order valence-corrected chi connectivity index (χ1v) is 9.06. The molecular formula is C19H29N3O3. The van der Waals surface area contributed by atoms with Crippen LogP contribution < -0.4 is 10.6 Å². The number of rotatable bonds is 4. The van der Waals surface area contributed by atoms with Crippen molar-refractivity contribution in [3.63, 3.8) is 0 Å². The summed E-state index contributed by atoms with van der Waals surface area (Å²) in [6, 6.07) is 3.83. The van der Waals surface area contributed by atoms with E-state index in [0.717, 1.165) is 25.0 Å². The van der Waals surface area contributed by atoms with Crippen molar-refractivity contribution in [3.05, 3.63) is 30.1 Å². The van der Waals surface area contributed by atoms with Crippen LogP contribution in [0.5, 0.6) is 0 Å². The van der Waals surface area contributed by atoms with Gasteiger partial charge in [-0.05, 0) is 30.5 Å². The summed E-state index contributed by atoms with van der Waals surface area (Å²) in [5, 5.41) is 6.26. The molecule has 1 saturated heterocycles. The molecular weight excluding hydrogens is 318 g/mol. The van der Waals surface area contributed by atoms with Gasteiger partial charge in [0.25, 0.3) is 0 Å². The number of amides is 2. The Labute approximate surface area is 149 Å². The fourth-order valence-electron chi connectivity index (χ4n) is 4.59. The molecule has 138 valence electrons. The number of aromatic nitrogens is 1. The summed E-state index contributed by atoms with van der Waals surface area (Å²) < 4.78 is 11.5. The summed E-state index contributed by atoms with van der Waals surface area (Å²) in [5.74, 6) is 0.296. The lowest BCUT2D eigenvalue weighted by Gasteiger charge is -2.56. The van der Waals surface area contributed by atoms with Crippen LogP contribution >= 0.6 is 0 Å². The summed E-state index contributed by atoms with van der Waals surface area (Å²) >= 11 is 0. The Morgan fingerprint density at radius 1 is 1.32 bits per heavy atom. The van der Waals surface area contributed by atoms with Gasteiger partial charge in [-0.2, -0.15) is 0 Å². The van der Waals surface area contributed by atoms with E-state index in [1.54, 1.807) is 19.5 Å². The number of nitrogens with one attached hydrogen (secondary N) is 2. The van der Waals surface area contributed by atoms with Crippen LogP contribution in [0.3, 0.4) is 0 Å². The minimum Gasteiger partial charge on any atom is -0.380 e. The molecule has 6 heteroatoms. The Bertz CT molecular complexity index is 593. The molecule has 2 N–H and O–H groups in total. The SMILES string of the molecule is COC1C(C)C(NC(=O)N[C@H]2CCCO[C@@H]2c2ccncc2)C1(C)C. The number of nitrogens with zero attached hydrogens (tertiary/aromatic N) is 1. The standard InChI is InChI=1S/C19H29N3O3/c1-12-16(19(2,3)17(12)24-4)22-18(23)21-14-6-5-11-25-15(14)13-7-9-20-10-8-13/h7-10,12,14-17H,5-6,11H2,1-4H3,(H2,21,22,23)/t12?,14-,15+,16?,17?/m0/s1. The molecule has 0 radical (unpaired) electrons. The van der Waals surface area contributed by atoms with Crippen LogP contribution in [0.1, 0.15) is 45.3 Å². The third kappa shape index (κ3) is 3.51. The third-order valence-corrected chi connectivity index (χ3v) is 5.75. The molecule has 2 fully saturated rings. The molecule has 0 aromatic carbocycles. The molecule has 1 aliphatic carbocycles. The van der Waals surface area contributed by atoms with Crippen molar-refractivity contribution in [2.24, 2.45) is 11.3 Å². The topological polar surface area (TPSA) is 72.5 Å². The molecule has 1 aromatic rings. The van der Waals surface area contributed by atoms with E-state index in [4.69, 9.17) is 9.47 Å². The molecule has 1 aliphatic heterocycles. The van der Waals surface area contributed by atoms with E-state index in [-0.39, 0.29) is 35.7 Å². The van der Waals surface area contributed by atoms with Crippen LogP contribution in [-0.2, 0) is 9.47 Å². The van der Waals surface area contributed by atoms with E-state index in [0.29, 0.717) is 5.92 Å². The Balaban J connectivity index is 1.62. The minimum atomic E-state index is -0.131. The Morgan fingerprint density at radius 3 is 2.68 bits per heavy atom. The fourth-order valence-corrected chi connectivity index (χ4v) is 4.59. The fraction of sp³-hybridized carbons (Fsp3) is 0.684. The molecule has 3 rings (SSSR count). The Hall–Kier alpha value is -1.66. The lowest BCUT2D eigenvalue weighted by atomic mass is 9.58. The van der Waals surface area contributed by atoms with Crippen molar-refractivity contribution in [1.29, 1.82) is 0 Å². The largest absolute Gasteiger partial charge is 0.380 e. The second-order valence-electron chi connectivity index (χ2n) is 7.75. The molecule has 25 heavy (non-hydrogen) atoms. The lowest BCUT2D eigenvalue weighted by molar-refractivity contribution is -0.141. The van der Waals surface area contributed by atoms with Crippen molar-refractivity contribution in [2.75, 3.05) is 13.7 Å². The van der Waals surface area contributed by atoms with Crippen molar-refractivity contribution < 1.29 is 14.3 Å². The van der Waals surface area contributed by atoms with Crippen LogP contribution in [0, 0.1) is 11.3 Å². The predicted octanol–water partition coefficient (Wildman–Crippen LogP) is 2.66. The van der Waals surface area contributed by atoms with E-state index in [9.17, 15) is 4.79 Å². The third-order valence-electron chi connectivity index (χ3n) is 5.75. The summed E-state index contributed by atoms with van der Waals surface area (Å²) in [6.07, 6.45) is 5.41. The number of methoxy groups -OCH3 is 1. The van der Waals surface area contributed by atoms with Crippen LogP contribution in [-0.4, -0.2) is 42.9 Å². The molecule has 2 aliphatic rings. The van der Waals surface area contributed by atoms with E-state index in [2.05, 4.69) is 36.4 Å². The molecule has 1 aromatic heterocycles. The Morgan fingerprint density at radius 2 is 2.04 bits per heavy atom. The number of urea groups is 1.